The summed E-state index contributed by atoms with van der Waals surface area (Å²) in [5.41, 5.74) is 32.7. The molecular formula is C28H30N4O3. The van der Waals surface area contributed by atoms with Crippen LogP contribution in [0.3, 0.4) is 0 Å². The van der Waals surface area contributed by atoms with Crippen molar-refractivity contribution in [2.75, 3.05) is 22.9 Å². The maximum Gasteiger partial charge on any atom is 0.153 e. The van der Waals surface area contributed by atoms with Crippen molar-refractivity contribution in [2.24, 2.45) is 0 Å². The Labute approximate surface area is 204 Å². The molecule has 0 saturated carbocycles. The third kappa shape index (κ3) is 4.36. The van der Waals surface area contributed by atoms with Crippen LogP contribution in [-0.2, 0) is 0 Å². The van der Waals surface area contributed by atoms with Crippen LogP contribution in [0.1, 0.15) is 22.3 Å². The molecule has 4 aromatic carbocycles. The summed E-state index contributed by atoms with van der Waals surface area (Å²) < 4.78 is 6.24. The zero-order chi connectivity index (χ0) is 25.6. The molecule has 0 aliphatic rings. The largest absolute Gasteiger partial charge is 0.506 e. The number of hydrogen-bond acceptors (Lipinski definition) is 7. The number of phenols is 2. The Morgan fingerprint density at radius 2 is 0.743 bits per heavy atom. The molecule has 0 aromatic heterocycles. The highest BCUT2D eigenvalue weighted by atomic mass is 16.5. The van der Waals surface area contributed by atoms with E-state index < -0.39 is 0 Å². The molecule has 10 N–H and O–H groups in total. The Hall–Kier alpha value is -4.52. The van der Waals surface area contributed by atoms with Crippen molar-refractivity contribution in [2.45, 2.75) is 27.7 Å². The molecule has 0 aliphatic heterocycles. The van der Waals surface area contributed by atoms with Gasteiger partial charge >= 0.3 is 0 Å². The summed E-state index contributed by atoms with van der Waals surface area (Å²) >= 11 is 0. The van der Waals surface area contributed by atoms with Gasteiger partial charge in [0.2, 0.25) is 0 Å². The lowest BCUT2D eigenvalue weighted by Gasteiger charge is -2.18. The fourth-order valence-electron chi connectivity index (χ4n) is 4.26. The third-order valence-electron chi connectivity index (χ3n) is 6.14. The van der Waals surface area contributed by atoms with Crippen LogP contribution >= 0.6 is 0 Å². The summed E-state index contributed by atoms with van der Waals surface area (Å²) in [6.45, 7) is 7.42. The lowest BCUT2D eigenvalue weighted by atomic mass is 9.98. The van der Waals surface area contributed by atoms with Gasteiger partial charge in [-0.1, -0.05) is 0 Å². The summed E-state index contributed by atoms with van der Waals surface area (Å²) in [7, 11) is 0. The van der Waals surface area contributed by atoms with E-state index in [1.165, 1.54) is 0 Å². The van der Waals surface area contributed by atoms with Crippen LogP contribution < -0.4 is 27.7 Å². The number of phenolic OH excluding ortho intramolecular Hbond substituents is 2. The van der Waals surface area contributed by atoms with E-state index >= 15 is 0 Å². The molecule has 0 saturated heterocycles. The van der Waals surface area contributed by atoms with Gasteiger partial charge < -0.3 is 37.9 Å². The van der Waals surface area contributed by atoms with E-state index in [0.29, 0.717) is 45.4 Å². The van der Waals surface area contributed by atoms with Crippen LogP contribution in [0.2, 0.25) is 0 Å². The highest BCUT2D eigenvalue weighted by molar-refractivity contribution is 5.80. The quantitative estimate of drug-likeness (QED) is 0.163. The first-order valence-corrected chi connectivity index (χ1v) is 11.1. The minimum atomic E-state index is 0.0814. The van der Waals surface area contributed by atoms with Crippen molar-refractivity contribution < 1.29 is 14.9 Å². The van der Waals surface area contributed by atoms with E-state index in [2.05, 4.69) is 0 Å². The van der Waals surface area contributed by atoms with E-state index in [1.807, 2.05) is 50.2 Å². The second-order valence-corrected chi connectivity index (χ2v) is 8.99. The first-order chi connectivity index (χ1) is 16.5. The fourth-order valence-corrected chi connectivity index (χ4v) is 4.26. The normalized spacial score (nSPS) is 11.0. The minimum Gasteiger partial charge on any atom is -0.506 e. The van der Waals surface area contributed by atoms with E-state index in [-0.39, 0.29) is 11.5 Å². The van der Waals surface area contributed by atoms with Crippen LogP contribution in [0.25, 0.3) is 22.3 Å². The highest BCUT2D eigenvalue weighted by Crippen LogP contribution is 2.42. The van der Waals surface area contributed by atoms with Gasteiger partial charge in [-0.2, -0.15) is 0 Å². The molecule has 0 bridgehead atoms. The number of ether oxygens (including phenoxy) is 1. The zero-order valence-electron chi connectivity index (χ0n) is 20.2. The van der Waals surface area contributed by atoms with Gasteiger partial charge in [-0.25, -0.2) is 0 Å². The summed E-state index contributed by atoms with van der Waals surface area (Å²) in [6, 6.07) is 14.7. The lowest BCUT2D eigenvalue weighted by molar-refractivity contribution is 0.473. The molecule has 0 unspecified atom stereocenters. The van der Waals surface area contributed by atoms with E-state index in [1.54, 1.807) is 26.0 Å². The van der Waals surface area contributed by atoms with Crippen LogP contribution in [0.15, 0.2) is 48.5 Å². The summed E-state index contributed by atoms with van der Waals surface area (Å²) in [5, 5.41) is 20.0. The maximum atomic E-state index is 9.98. The molecule has 0 aliphatic carbocycles. The molecular weight excluding hydrogens is 440 g/mol. The smallest absolute Gasteiger partial charge is 0.153 e. The molecule has 0 fully saturated rings. The number of rotatable bonds is 4. The number of benzene rings is 4. The molecule has 0 radical (unpaired) electrons. The predicted octanol–water partition coefficient (Wildman–Crippen LogP) is 5.79. The number of aryl methyl sites for hydroxylation is 4. The Morgan fingerprint density at radius 3 is 1.03 bits per heavy atom. The molecule has 0 atom stereocenters. The molecule has 35 heavy (non-hydrogen) atoms. The molecule has 4 aromatic rings. The molecule has 0 amide bonds. The van der Waals surface area contributed by atoms with Gasteiger partial charge in [-0.15, -0.1) is 0 Å². The number of hydrogen-bond donors (Lipinski definition) is 6. The van der Waals surface area contributed by atoms with Crippen molar-refractivity contribution in [3.63, 3.8) is 0 Å². The Bertz CT molecular complexity index is 1270. The molecule has 4 rings (SSSR count). The number of nitrogens with two attached hydrogens (primary N) is 4. The Morgan fingerprint density at radius 1 is 0.457 bits per heavy atom. The number of nitrogen functional groups attached to an aromatic ring is 4. The standard InChI is InChI=1S/C28H30N4O3/c1-13-5-17(9-21(29)25(13)33)19-7-15(3)27(23(31)11-19)35-28-16(4)8-20(12-24(28)32)18-6-14(2)26(34)22(30)10-18/h5-12,33-34H,29-32H2,1-4H3. The van der Waals surface area contributed by atoms with Gasteiger partial charge in [0.05, 0.1) is 22.7 Å². The van der Waals surface area contributed by atoms with Gasteiger partial charge in [0.15, 0.2) is 11.5 Å². The minimum absolute atomic E-state index is 0.0814. The van der Waals surface area contributed by atoms with Gasteiger partial charge in [-0.3, -0.25) is 0 Å². The van der Waals surface area contributed by atoms with Crippen molar-refractivity contribution in [3.8, 4) is 45.3 Å². The van der Waals surface area contributed by atoms with Gasteiger partial charge in [-0.05, 0) is 121 Å². The summed E-state index contributed by atoms with van der Waals surface area (Å²) in [6.07, 6.45) is 0. The van der Waals surface area contributed by atoms with Gasteiger partial charge in [0, 0.05) is 0 Å². The number of aromatic hydroxyl groups is 2. The summed E-state index contributed by atoms with van der Waals surface area (Å²) in [5.74, 6) is 1.20. The monoisotopic (exact) mass is 470 g/mol. The highest BCUT2D eigenvalue weighted by Gasteiger charge is 2.16. The topological polar surface area (TPSA) is 154 Å². The first kappa shape index (κ1) is 23.6. The van der Waals surface area contributed by atoms with Crippen molar-refractivity contribution in [1.29, 1.82) is 0 Å². The predicted molar refractivity (Wildman–Crippen MR) is 144 cm³/mol. The van der Waals surface area contributed by atoms with Crippen LogP contribution in [-0.4, -0.2) is 10.2 Å². The lowest BCUT2D eigenvalue weighted by Crippen LogP contribution is -2.01. The van der Waals surface area contributed by atoms with Crippen molar-refractivity contribution in [1.82, 2.24) is 0 Å². The van der Waals surface area contributed by atoms with Crippen LogP contribution in [0.4, 0.5) is 22.7 Å². The second kappa shape index (κ2) is 8.68. The third-order valence-corrected chi connectivity index (χ3v) is 6.14. The molecule has 0 spiro atoms. The summed E-state index contributed by atoms with van der Waals surface area (Å²) in [4.78, 5) is 0. The average molecular weight is 471 g/mol. The molecule has 180 valence electrons. The molecule has 7 nitrogen and oxygen atoms in total. The Balaban J connectivity index is 1.70. The van der Waals surface area contributed by atoms with E-state index in [4.69, 9.17) is 27.7 Å². The first-order valence-electron chi connectivity index (χ1n) is 11.1. The zero-order valence-corrected chi connectivity index (χ0v) is 20.2. The van der Waals surface area contributed by atoms with Crippen LogP contribution in [0, 0.1) is 27.7 Å². The van der Waals surface area contributed by atoms with Crippen molar-refractivity contribution >= 4 is 22.7 Å². The van der Waals surface area contributed by atoms with E-state index in [0.717, 1.165) is 33.4 Å². The van der Waals surface area contributed by atoms with Gasteiger partial charge in [0.25, 0.3) is 0 Å². The maximum absolute atomic E-state index is 9.98. The fraction of sp³-hybridized carbons (Fsp3) is 0.143. The number of anilines is 4. The molecule has 0 heterocycles. The van der Waals surface area contributed by atoms with Crippen molar-refractivity contribution in [3.05, 3.63) is 70.8 Å². The Kier molecular flexibility index (Phi) is 5.86. The SMILES string of the molecule is Cc1cc(-c2cc(C)c(Oc3c(C)cc(-c4cc(C)c(O)c(N)c4)cc3N)c(N)c2)cc(N)c1O. The average Bonchev–Trinajstić information content (AvgIpc) is 2.78. The second-order valence-electron chi connectivity index (χ2n) is 8.99. The van der Waals surface area contributed by atoms with Gasteiger partial charge in [0.1, 0.15) is 11.5 Å². The van der Waals surface area contributed by atoms with E-state index in [9.17, 15) is 10.2 Å². The van der Waals surface area contributed by atoms with Crippen LogP contribution in [0.5, 0.6) is 23.0 Å². The molecule has 7 heteroatoms.